The van der Waals surface area contributed by atoms with Crippen molar-refractivity contribution in [3.05, 3.63) is 35.4 Å². The Bertz CT molecular complexity index is 625. The van der Waals surface area contributed by atoms with Crippen LogP contribution in [0.4, 0.5) is 39.5 Å². The molecule has 2 atom stereocenters. The number of rotatable bonds is 8. The van der Waals surface area contributed by atoms with E-state index in [1.165, 1.54) is 18.2 Å². The molecule has 156 valence electrons. The normalized spacial score (nSPS) is 16.3. The van der Waals surface area contributed by atoms with Crippen LogP contribution in [0.15, 0.2) is 24.3 Å². The summed E-state index contributed by atoms with van der Waals surface area (Å²) in [6.45, 7) is 3.49. The van der Waals surface area contributed by atoms with E-state index in [0.29, 0.717) is 12.0 Å². The second-order valence-electron chi connectivity index (χ2n) is 6.22. The fourth-order valence-corrected chi connectivity index (χ4v) is 2.56. The van der Waals surface area contributed by atoms with E-state index in [1.807, 2.05) is 0 Å². The third-order valence-corrected chi connectivity index (χ3v) is 4.42. The molecular weight excluding hydrogens is 391 g/mol. The zero-order valence-electron chi connectivity index (χ0n) is 14.7. The third kappa shape index (κ3) is 4.35. The van der Waals surface area contributed by atoms with Gasteiger partial charge in [-0.05, 0) is 23.5 Å². The van der Waals surface area contributed by atoms with Crippen molar-refractivity contribution in [1.29, 1.82) is 0 Å². The van der Waals surface area contributed by atoms with Crippen LogP contribution in [0.25, 0.3) is 0 Å². The molecule has 1 rings (SSSR count). The van der Waals surface area contributed by atoms with Crippen LogP contribution in [-0.2, 0) is 4.74 Å². The molecular formula is C17H19F9O. The molecule has 0 aliphatic carbocycles. The maximum atomic E-state index is 14.0. The van der Waals surface area contributed by atoms with Crippen LogP contribution in [0.2, 0.25) is 0 Å². The summed E-state index contributed by atoms with van der Waals surface area (Å²) < 4.78 is 122. The van der Waals surface area contributed by atoms with Crippen molar-refractivity contribution in [3.63, 3.8) is 0 Å². The van der Waals surface area contributed by atoms with Gasteiger partial charge in [0, 0.05) is 13.5 Å². The van der Waals surface area contributed by atoms with Gasteiger partial charge in [0.15, 0.2) is 0 Å². The first kappa shape index (κ1) is 23.6. The quantitative estimate of drug-likeness (QED) is 0.431. The topological polar surface area (TPSA) is 9.23 Å². The van der Waals surface area contributed by atoms with Crippen LogP contribution in [0.3, 0.4) is 0 Å². The van der Waals surface area contributed by atoms with Crippen LogP contribution in [0.5, 0.6) is 0 Å². The average molecular weight is 410 g/mol. The van der Waals surface area contributed by atoms with Crippen molar-refractivity contribution in [2.45, 2.75) is 62.7 Å². The zero-order valence-corrected chi connectivity index (χ0v) is 14.7. The summed E-state index contributed by atoms with van der Waals surface area (Å²) in [6.07, 6.45) is -10.1. The Morgan fingerprint density at radius 3 is 1.74 bits per heavy atom. The molecule has 1 aromatic rings. The van der Waals surface area contributed by atoms with Gasteiger partial charge in [0.05, 0.1) is 6.10 Å². The summed E-state index contributed by atoms with van der Waals surface area (Å²) in [6, 6.07) is 5.76. The molecule has 0 aliphatic rings. The molecule has 0 heterocycles. The molecule has 0 aromatic heterocycles. The molecule has 10 heteroatoms. The summed E-state index contributed by atoms with van der Waals surface area (Å²) in [5.74, 6) is -19.4. The number of benzene rings is 1. The molecule has 27 heavy (non-hydrogen) atoms. The Kier molecular flexibility index (Phi) is 6.89. The second kappa shape index (κ2) is 7.89. The van der Waals surface area contributed by atoms with Gasteiger partial charge >= 0.3 is 23.9 Å². The lowest BCUT2D eigenvalue weighted by Gasteiger charge is -2.35. The van der Waals surface area contributed by atoms with Gasteiger partial charge < -0.3 is 4.74 Å². The molecule has 0 radical (unpaired) electrons. The highest BCUT2D eigenvalue weighted by atomic mass is 19.4. The summed E-state index contributed by atoms with van der Waals surface area (Å²) in [5, 5.41) is 0. The maximum Gasteiger partial charge on any atom is 0.460 e. The molecule has 1 aromatic carbocycles. The van der Waals surface area contributed by atoms with E-state index in [-0.39, 0.29) is 11.5 Å². The van der Waals surface area contributed by atoms with Gasteiger partial charge in [-0.1, -0.05) is 38.1 Å². The van der Waals surface area contributed by atoms with Crippen LogP contribution in [0, 0.1) is 0 Å². The van der Waals surface area contributed by atoms with E-state index in [0.717, 1.165) is 7.11 Å². The summed E-state index contributed by atoms with van der Waals surface area (Å²) >= 11 is 0. The van der Waals surface area contributed by atoms with Crippen molar-refractivity contribution >= 4 is 0 Å². The van der Waals surface area contributed by atoms with Crippen molar-refractivity contribution < 1.29 is 44.3 Å². The number of ether oxygens (including phenoxy) is 1. The second-order valence-corrected chi connectivity index (χ2v) is 6.22. The molecule has 0 amide bonds. The van der Waals surface area contributed by atoms with Gasteiger partial charge in [0.25, 0.3) is 0 Å². The first-order valence-corrected chi connectivity index (χ1v) is 7.95. The largest absolute Gasteiger partial charge is 0.460 e. The Balaban J connectivity index is 3.31. The molecule has 1 nitrogen and oxygen atoms in total. The molecule has 2 unspecified atom stereocenters. The molecule has 0 saturated heterocycles. The predicted molar refractivity (Wildman–Crippen MR) is 80.4 cm³/mol. The van der Waals surface area contributed by atoms with Gasteiger partial charge in [-0.2, -0.15) is 39.5 Å². The maximum absolute atomic E-state index is 14.0. The Labute approximate surface area is 150 Å². The minimum atomic E-state index is -6.90. The fourth-order valence-electron chi connectivity index (χ4n) is 2.56. The lowest BCUT2D eigenvalue weighted by molar-refractivity contribution is -0.398. The molecule has 0 bridgehead atoms. The van der Waals surface area contributed by atoms with Crippen LogP contribution < -0.4 is 0 Å². The number of hydrogen-bond acceptors (Lipinski definition) is 1. The highest BCUT2D eigenvalue weighted by Crippen LogP contribution is 2.55. The van der Waals surface area contributed by atoms with E-state index in [2.05, 4.69) is 0 Å². The zero-order chi connectivity index (χ0) is 21.3. The van der Waals surface area contributed by atoms with Crippen LogP contribution in [-0.4, -0.2) is 31.1 Å². The standard InChI is InChI=1S/C17H19F9O/c1-4-10(2)11-7-5-6-8-12(11)13(27-3)9-14(18,19)15(20,21)16(22,23)17(24,25)26/h5-8,10,13H,4,9H2,1-3H3. The Morgan fingerprint density at radius 2 is 1.33 bits per heavy atom. The van der Waals surface area contributed by atoms with Crippen LogP contribution >= 0.6 is 0 Å². The minimum absolute atomic E-state index is 0.0279. The van der Waals surface area contributed by atoms with Gasteiger partial charge in [-0.3, -0.25) is 0 Å². The van der Waals surface area contributed by atoms with Crippen molar-refractivity contribution in [2.24, 2.45) is 0 Å². The number of halogens is 9. The van der Waals surface area contributed by atoms with E-state index >= 15 is 0 Å². The molecule has 0 N–H and O–H groups in total. The van der Waals surface area contributed by atoms with Crippen molar-refractivity contribution in [1.82, 2.24) is 0 Å². The molecule has 0 aliphatic heterocycles. The summed E-state index contributed by atoms with van der Waals surface area (Å²) in [7, 11) is 0.883. The van der Waals surface area contributed by atoms with Crippen LogP contribution in [0.1, 0.15) is 49.8 Å². The van der Waals surface area contributed by atoms with Gasteiger partial charge in [0.2, 0.25) is 0 Å². The summed E-state index contributed by atoms with van der Waals surface area (Å²) in [4.78, 5) is 0. The number of methoxy groups -OCH3 is 1. The Hall–Kier alpha value is -1.45. The lowest BCUT2D eigenvalue weighted by Crippen LogP contribution is -2.61. The monoisotopic (exact) mass is 410 g/mol. The van der Waals surface area contributed by atoms with E-state index in [9.17, 15) is 39.5 Å². The van der Waals surface area contributed by atoms with Gasteiger partial charge in [0.1, 0.15) is 0 Å². The Morgan fingerprint density at radius 1 is 0.852 bits per heavy atom. The van der Waals surface area contributed by atoms with E-state index < -0.39 is 36.5 Å². The average Bonchev–Trinajstić information content (AvgIpc) is 2.57. The number of hydrogen-bond donors (Lipinski definition) is 0. The van der Waals surface area contributed by atoms with Crippen molar-refractivity contribution in [2.75, 3.05) is 7.11 Å². The molecule has 0 saturated carbocycles. The smallest absolute Gasteiger partial charge is 0.377 e. The van der Waals surface area contributed by atoms with Gasteiger partial charge in [-0.25, -0.2) is 0 Å². The van der Waals surface area contributed by atoms with E-state index in [1.54, 1.807) is 19.9 Å². The SMILES string of the molecule is CCC(C)c1ccccc1C(CC(F)(F)C(F)(F)C(F)(F)C(F)(F)F)OC. The summed E-state index contributed by atoms with van der Waals surface area (Å²) in [5.41, 5.74) is 0.480. The highest BCUT2D eigenvalue weighted by molar-refractivity contribution is 5.32. The first-order chi connectivity index (χ1) is 12.1. The lowest BCUT2D eigenvalue weighted by atomic mass is 9.88. The first-order valence-electron chi connectivity index (χ1n) is 7.95. The minimum Gasteiger partial charge on any atom is -0.377 e. The number of alkyl halides is 9. The predicted octanol–water partition coefficient (Wildman–Crippen LogP) is 6.75. The van der Waals surface area contributed by atoms with Gasteiger partial charge in [-0.15, -0.1) is 0 Å². The van der Waals surface area contributed by atoms with E-state index in [4.69, 9.17) is 4.74 Å². The third-order valence-electron chi connectivity index (χ3n) is 4.42. The fraction of sp³-hybridized carbons (Fsp3) is 0.647. The molecule has 0 fully saturated rings. The van der Waals surface area contributed by atoms with Crippen molar-refractivity contribution in [3.8, 4) is 0 Å². The molecule has 0 spiro atoms. The highest BCUT2D eigenvalue weighted by Gasteiger charge is 2.81.